The number of carbonyl (C=O) groups excluding carboxylic acids is 1. The third-order valence-electron chi connectivity index (χ3n) is 3.42. The first-order valence-electron chi connectivity index (χ1n) is 6.68. The number of nitrogens with one attached hydrogen (secondary N) is 1. The largest absolute Gasteiger partial charge is 0.490 e. The van der Waals surface area contributed by atoms with Crippen molar-refractivity contribution in [3.63, 3.8) is 0 Å². The van der Waals surface area contributed by atoms with E-state index in [1.165, 1.54) is 0 Å². The summed E-state index contributed by atoms with van der Waals surface area (Å²) in [4.78, 5) is 16.7. The van der Waals surface area contributed by atoms with Gasteiger partial charge in [0, 0.05) is 31.2 Å². The third kappa shape index (κ3) is 2.63. The molecule has 5 heteroatoms. The maximum atomic E-state index is 11.9. The number of amides is 1. The minimum atomic E-state index is 0.0752. The molecule has 2 aromatic rings. The van der Waals surface area contributed by atoms with Crippen molar-refractivity contribution in [1.82, 2.24) is 9.88 Å². The summed E-state index contributed by atoms with van der Waals surface area (Å²) in [6.07, 6.45) is 2.47. The minimum absolute atomic E-state index is 0.0752. The zero-order chi connectivity index (χ0) is 14.1. The Bertz CT molecular complexity index is 629. The average Bonchev–Trinajstić information content (AvgIpc) is 3.17. The highest BCUT2D eigenvalue weighted by molar-refractivity contribution is 5.93. The normalized spacial score (nSPS) is 17.2. The number of H-pyrrole nitrogens is 1. The molecule has 0 saturated carbocycles. The van der Waals surface area contributed by atoms with Gasteiger partial charge in [-0.05, 0) is 17.7 Å². The van der Waals surface area contributed by atoms with Crippen molar-refractivity contribution >= 4 is 16.8 Å². The standard InChI is InChI=1S/C15H18N2O3/c1-17(2)14(18)6-10-7-16-12-4-3-5-13(15(10)12)20-9-11-8-19-11/h3-5,7,11,16H,6,8-9H2,1-2H3. The Morgan fingerprint density at radius 3 is 3.00 bits per heavy atom. The summed E-state index contributed by atoms with van der Waals surface area (Å²) in [6.45, 7) is 1.33. The van der Waals surface area contributed by atoms with E-state index in [1.807, 2.05) is 24.4 Å². The van der Waals surface area contributed by atoms with Crippen molar-refractivity contribution < 1.29 is 14.3 Å². The Hall–Kier alpha value is -2.01. The van der Waals surface area contributed by atoms with E-state index in [1.54, 1.807) is 19.0 Å². The molecule has 1 N–H and O–H groups in total. The van der Waals surface area contributed by atoms with Crippen molar-refractivity contribution in [2.45, 2.75) is 12.5 Å². The van der Waals surface area contributed by atoms with E-state index in [0.29, 0.717) is 13.0 Å². The van der Waals surface area contributed by atoms with Gasteiger partial charge in [0.2, 0.25) is 5.91 Å². The number of epoxide rings is 1. The van der Waals surface area contributed by atoms with Gasteiger partial charge >= 0.3 is 0 Å². The topological polar surface area (TPSA) is 57.9 Å². The van der Waals surface area contributed by atoms with E-state index in [9.17, 15) is 4.79 Å². The number of hydrogen-bond acceptors (Lipinski definition) is 3. The molecule has 20 heavy (non-hydrogen) atoms. The Labute approximate surface area is 117 Å². The van der Waals surface area contributed by atoms with Crippen LogP contribution in [0, 0.1) is 0 Å². The first-order valence-corrected chi connectivity index (χ1v) is 6.68. The lowest BCUT2D eigenvalue weighted by Gasteiger charge is -2.11. The second kappa shape index (κ2) is 5.17. The molecule has 2 heterocycles. The van der Waals surface area contributed by atoms with Gasteiger partial charge in [-0.15, -0.1) is 0 Å². The molecule has 1 aliphatic rings. The molecule has 1 aliphatic heterocycles. The molecule has 106 valence electrons. The highest BCUT2D eigenvalue weighted by Gasteiger charge is 2.24. The molecule has 1 amide bonds. The lowest BCUT2D eigenvalue weighted by atomic mass is 10.1. The fourth-order valence-corrected chi connectivity index (χ4v) is 2.15. The number of likely N-dealkylation sites (N-methyl/N-ethyl adjacent to an activating group) is 1. The van der Waals surface area contributed by atoms with E-state index in [-0.39, 0.29) is 12.0 Å². The first kappa shape index (κ1) is 13.0. The number of aromatic amines is 1. The number of ether oxygens (including phenoxy) is 2. The van der Waals surface area contributed by atoms with Crippen molar-refractivity contribution in [1.29, 1.82) is 0 Å². The van der Waals surface area contributed by atoms with E-state index in [2.05, 4.69) is 4.98 Å². The number of benzene rings is 1. The summed E-state index contributed by atoms with van der Waals surface area (Å²) in [7, 11) is 3.53. The maximum absolute atomic E-state index is 11.9. The summed E-state index contributed by atoms with van der Waals surface area (Å²) < 4.78 is 11.0. The quantitative estimate of drug-likeness (QED) is 0.842. The first-order chi connectivity index (χ1) is 9.65. The van der Waals surface area contributed by atoms with Crippen LogP contribution in [0.3, 0.4) is 0 Å². The lowest BCUT2D eigenvalue weighted by molar-refractivity contribution is -0.127. The van der Waals surface area contributed by atoms with Crippen LogP contribution in [0.15, 0.2) is 24.4 Å². The molecule has 1 aromatic heterocycles. The summed E-state index contributed by atoms with van der Waals surface area (Å²) in [5, 5.41) is 0.989. The minimum Gasteiger partial charge on any atom is -0.490 e. The molecule has 1 unspecified atom stereocenters. The lowest BCUT2D eigenvalue weighted by Crippen LogP contribution is -2.23. The van der Waals surface area contributed by atoms with Crippen LogP contribution in [0.2, 0.25) is 0 Å². The average molecular weight is 274 g/mol. The smallest absolute Gasteiger partial charge is 0.226 e. The number of nitrogens with zero attached hydrogens (tertiary/aromatic N) is 1. The second-order valence-corrected chi connectivity index (χ2v) is 5.22. The molecule has 1 aromatic carbocycles. The highest BCUT2D eigenvalue weighted by Crippen LogP contribution is 2.30. The van der Waals surface area contributed by atoms with Gasteiger partial charge in [0.05, 0.1) is 13.0 Å². The number of hydrogen-bond donors (Lipinski definition) is 1. The van der Waals surface area contributed by atoms with Crippen LogP contribution in [0.4, 0.5) is 0 Å². The van der Waals surface area contributed by atoms with E-state index < -0.39 is 0 Å². The van der Waals surface area contributed by atoms with Gasteiger partial charge in [0.1, 0.15) is 18.5 Å². The summed E-state index contributed by atoms with van der Waals surface area (Å²) >= 11 is 0. The van der Waals surface area contributed by atoms with E-state index in [4.69, 9.17) is 9.47 Å². The van der Waals surface area contributed by atoms with Crippen LogP contribution >= 0.6 is 0 Å². The predicted octanol–water partition coefficient (Wildman–Crippen LogP) is 1.58. The fraction of sp³-hybridized carbons (Fsp3) is 0.400. The second-order valence-electron chi connectivity index (χ2n) is 5.22. The van der Waals surface area contributed by atoms with Crippen LogP contribution in [-0.4, -0.2) is 49.2 Å². The van der Waals surface area contributed by atoms with Crippen LogP contribution in [0.5, 0.6) is 5.75 Å². The maximum Gasteiger partial charge on any atom is 0.226 e. The third-order valence-corrected chi connectivity index (χ3v) is 3.42. The van der Waals surface area contributed by atoms with Gasteiger partial charge in [0.25, 0.3) is 0 Å². The number of aromatic nitrogens is 1. The molecule has 5 nitrogen and oxygen atoms in total. The Balaban J connectivity index is 1.89. The van der Waals surface area contributed by atoms with Crippen LogP contribution in [-0.2, 0) is 16.0 Å². The van der Waals surface area contributed by atoms with Crippen molar-refractivity contribution in [3.8, 4) is 5.75 Å². The van der Waals surface area contributed by atoms with Crippen LogP contribution in [0.1, 0.15) is 5.56 Å². The summed E-state index contributed by atoms with van der Waals surface area (Å²) in [5.41, 5.74) is 1.95. The van der Waals surface area contributed by atoms with Gasteiger partial charge < -0.3 is 19.4 Å². The van der Waals surface area contributed by atoms with Gasteiger partial charge in [-0.1, -0.05) is 6.07 Å². The molecule has 1 fully saturated rings. The fourth-order valence-electron chi connectivity index (χ4n) is 2.15. The Morgan fingerprint density at radius 2 is 2.30 bits per heavy atom. The highest BCUT2D eigenvalue weighted by atomic mass is 16.6. The predicted molar refractivity (Wildman–Crippen MR) is 75.9 cm³/mol. The molecule has 1 atom stereocenters. The van der Waals surface area contributed by atoms with Crippen LogP contribution < -0.4 is 4.74 Å². The zero-order valence-corrected chi connectivity index (χ0v) is 11.7. The SMILES string of the molecule is CN(C)C(=O)Cc1c[nH]c2cccc(OCC3CO3)c12. The molecule has 3 rings (SSSR count). The molecule has 0 radical (unpaired) electrons. The van der Waals surface area contributed by atoms with Crippen molar-refractivity contribution in [3.05, 3.63) is 30.0 Å². The molecule has 1 saturated heterocycles. The number of carbonyl (C=O) groups is 1. The Morgan fingerprint density at radius 1 is 1.50 bits per heavy atom. The van der Waals surface area contributed by atoms with Gasteiger partial charge in [0.15, 0.2) is 0 Å². The molecule has 0 spiro atoms. The van der Waals surface area contributed by atoms with E-state index >= 15 is 0 Å². The molecular formula is C15H18N2O3. The molecule has 0 aliphatic carbocycles. The monoisotopic (exact) mass is 274 g/mol. The molecular weight excluding hydrogens is 256 g/mol. The van der Waals surface area contributed by atoms with E-state index in [0.717, 1.165) is 28.8 Å². The van der Waals surface area contributed by atoms with Crippen molar-refractivity contribution in [2.24, 2.45) is 0 Å². The zero-order valence-electron chi connectivity index (χ0n) is 11.7. The number of rotatable bonds is 5. The number of fused-ring (bicyclic) bond motifs is 1. The Kier molecular flexibility index (Phi) is 3.36. The molecule has 0 bridgehead atoms. The van der Waals surface area contributed by atoms with Gasteiger partial charge in [-0.25, -0.2) is 0 Å². The van der Waals surface area contributed by atoms with Crippen LogP contribution in [0.25, 0.3) is 10.9 Å². The van der Waals surface area contributed by atoms with Crippen molar-refractivity contribution in [2.75, 3.05) is 27.3 Å². The van der Waals surface area contributed by atoms with Gasteiger partial charge in [-0.3, -0.25) is 4.79 Å². The summed E-state index contributed by atoms with van der Waals surface area (Å²) in [5.74, 6) is 0.882. The summed E-state index contributed by atoms with van der Waals surface area (Å²) in [6, 6.07) is 5.86. The van der Waals surface area contributed by atoms with Gasteiger partial charge in [-0.2, -0.15) is 0 Å².